The molecule has 0 saturated carbocycles. The summed E-state index contributed by atoms with van der Waals surface area (Å²) in [7, 11) is 0. The van der Waals surface area contributed by atoms with Crippen LogP contribution in [0.25, 0.3) is 0 Å². The van der Waals surface area contributed by atoms with Gasteiger partial charge in [-0.15, -0.1) is 0 Å². The molecule has 0 fully saturated rings. The van der Waals surface area contributed by atoms with Crippen molar-refractivity contribution >= 4 is 18.0 Å². The summed E-state index contributed by atoms with van der Waals surface area (Å²) in [4.78, 5) is 33.9. The van der Waals surface area contributed by atoms with E-state index in [1.165, 1.54) is 0 Å². The number of hydrogen-bond donors (Lipinski definition) is 4. The van der Waals surface area contributed by atoms with Crippen molar-refractivity contribution < 1.29 is 19.1 Å². The van der Waals surface area contributed by atoms with Crippen molar-refractivity contribution in [2.75, 3.05) is 13.1 Å². The molecule has 0 spiro atoms. The Bertz CT molecular complexity index is 432. The van der Waals surface area contributed by atoms with Crippen molar-refractivity contribution in [1.82, 2.24) is 16.0 Å². The third-order valence-electron chi connectivity index (χ3n) is 2.82. The molecular formula is C15H30N4O4. The number of alkyl carbamates (subject to hydrolysis) is 1. The maximum atomic E-state index is 11.8. The van der Waals surface area contributed by atoms with Crippen LogP contribution in [0.3, 0.4) is 0 Å². The average Bonchev–Trinajstić information content (AvgIpc) is 2.30. The minimum atomic E-state index is -0.894. The molecule has 0 aromatic heterocycles. The molecule has 0 aliphatic heterocycles. The first kappa shape index (κ1) is 21.2. The molecule has 134 valence electrons. The quantitative estimate of drug-likeness (QED) is 0.557. The van der Waals surface area contributed by atoms with E-state index < -0.39 is 29.2 Å². The zero-order valence-electron chi connectivity index (χ0n) is 14.9. The molecule has 0 aromatic rings. The molecular weight excluding hydrogens is 300 g/mol. The van der Waals surface area contributed by atoms with Gasteiger partial charge in [0.1, 0.15) is 5.60 Å². The third kappa shape index (κ3) is 11.4. The van der Waals surface area contributed by atoms with Gasteiger partial charge in [-0.1, -0.05) is 13.8 Å². The molecule has 0 bridgehead atoms. The number of carbonyl (C=O) groups excluding carboxylic acids is 3. The number of rotatable bonds is 7. The van der Waals surface area contributed by atoms with Crippen LogP contribution in [0.2, 0.25) is 0 Å². The molecule has 0 unspecified atom stereocenters. The van der Waals surface area contributed by atoms with E-state index in [0.717, 1.165) is 0 Å². The fourth-order valence-corrected chi connectivity index (χ4v) is 2.16. The van der Waals surface area contributed by atoms with Gasteiger partial charge in [0.25, 0.3) is 0 Å². The largest absolute Gasteiger partial charge is 0.444 e. The van der Waals surface area contributed by atoms with Gasteiger partial charge in [0, 0.05) is 12.1 Å². The second kappa shape index (κ2) is 8.71. The number of amides is 4. The lowest BCUT2D eigenvalue weighted by Gasteiger charge is -2.33. The molecule has 0 radical (unpaired) electrons. The fraction of sp³-hybridized carbons (Fsp3) is 0.800. The number of primary amides is 1. The number of ether oxygens (including phenoxy) is 1. The van der Waals surface area contributed by atoms with Crippen molar-refractivity contribution in [3.8, 4) is 0 Å². The summed E-state index contributed by atoms with van der Waals surface area (Å²) in [6.45, 7) is 11.5. The summed E-state index contributed by atoms with van der Waals surface area (Å²) < 4.78 is 5.20. The van der Waals surface area contributed by atoms with E-state index >= 15 is 0 Å². The Labute approximate surface area is 137 Å². The van der Waals surface area contributed by atoms with Gasteiger partial charge in [0.15, 0.2) is 0 Å². The van der Waals surface area contributed by atoms with Crippen molar-refractivity contribution in [1.29, 1.82) is 0 Å². The first-order chi connectivity index (χ1) is 10.3. The van der Waals surface area contributed by atoms with Gasteiger partial charge in [-0.05, 0) is 40.0 Å². The number of carbonyl (C=O) groups is 3. The highest BCUT2D eigenvalue weighted by atomic mass is 16.6. The van der Waals surface area contributed by atoms with E-state index in [-0.39, 0.29) is 13.1 Å². The lowest BCUT2D eigenvalue weighted by Crippen LogP contribution is -2.55. The lowest BCUT2D eigenvalue weighted by atomic mass is 9.90. The number of urea groups is 1. The van der Waals surface area contributed by atoms with Crippen LogP contribution in [-0.4, -0.2) is 42.3 Å². The van der Waals surface area contributed by atoms with Gasteiger partial charge in [-0.25, -0.2) is 9.59 Å². The second-order valence-electron chi connectivity index (χ2n) is 7.28. The van der Waals surface area contributed by atoms with Crippen molar-refractivity contribution in [2.45, 2.75) is 59.1 Å². The van der Waals surface area contributed by atoms with Gasteiger partial charge < -0.3 is 21.1 Å². The summed E-state index contributed by atoms with van der Waals surface area (Å²) in [6, 6.07) is -0.894. The summed E-state index contributed by atoms with van der Waals surface area (Å²) >= 11 is 0. The molecule has 1 atom stereocenters. The SMILES string of the molecule is CC(C)C[C@](C)(CNC(=O)OC(C)(C)C)NCC(=O)NC(N)=O. The summed E-state index contributed by atoms with van der Waals surface area (Å²) in [6.07, 6.45) is 0.197. The summed E-state index contributed by atoms with van der Waals surface area (Å²) in [5.41, 5.74) is 3.79. The average molecular weight is 330 g/mol. The molecule has 0 rings (SSSR count). The highest BCUT2D eigenvalue weighted by Gasteiger charge is 2.27. The molecule has 0 heterocycles. The predicted octanol–water partition coefficient (Wildman–Crippen LogP) is 1.10. The summed E-state index contributed by atoms with van der Waals surface area (Å²) in [5.74, 6) is -0.183. The highest BCUT2D eigenvalue weighted by molar-refractivity contribution is 5.94. The van der Waals surface area contributed by atoms with Crippen molar-refractivity contribution in [3.63, 3.8) is 0 Å². The zero-order valence-corrected chi connectivity index (χ0v) is 14.9. The van der Waals surface area contributed by atoms with Gasteiger partial charge >= 0.3 is 12.1 Å². The van der Waals surface area contributed by atoms with Crippen molar-refractivity contribution in [3.05, 3.63) is 0 Å². The molecule has 0 saturated heterocycles. The Balaban J connectivity index is 4.62. The molecule has 8 heteroatoms. The van der Waals surface area contributed by atoms with E-state index in [1.54, 1.807) is 20.8 Å². The van der Waals surface area contributed by atoms with E-state index in [2.05, 4.69) is 10.6 Å². The molecule has 4 amide bonds. The van der Waals surface area contributed by atoms with Gasteiger partial charge in [0.05, 0.1) is 6.54 Å². The molecule has 8 nitrogen and oxygen atoms in total. The topological polar surface area (TPSA) is 123 Å². The van der Waals surface area contributed by atoms with Crippen LogP contribution in [0.5, 0.6) is 0 Å². The Morgan fingerprint density at radius 3 is 2.13 bits per heavy atom. The number of imide groups is 1. The number of nitrogens with two attached hydrogens (primary N) is 1. The van der Waals surface area contributed by atoms with Crippen molar-refractivity contribution in [2.24, 2.45) is 11.7 Å². The number of hydrogen-bond acceptors (Lipinski definition) is 5. The fourth-order valence-electron chi connectivity index (χ4n) is 2.16. The Kier molecular flexibility index (Phi) is 8.02. The smallest absolute Gasteiger partial charge is 0.407 e. The Hall–Kier alpha value is -1.83. The standard InChI is InChI=1S/C15H30N4O4/c1-10(2)7-15(6,18-8-11(20)19-12(16)21)9-17-13(22)23-14(3,4)5/h10,18H,7-9H2,1-6H3,(H,17,22)(H3,16,19,20,21)/t15-/m1/s1. The van der Waals surface area contributed by atoms with E-state index in [0.29, 0.717) is 12.3 Å². The zero-order chi connectivity index (χ0) is 18.3. The van der Waals surface area contributed by atoms with Crippen LogP contribution in [0, 0.1) is 5.92 Å². The maximum Gasteiger partial charge on any atom is 0.407 e. The third-order valence-corrected chi connectivity index (χ3v) is 2.82. The van der Waals surface area contributed by atoms with Gasteiger partial charge in [0.2, 0.25) is 5.91 Å². The molecule has 5 N–H and O–H groups in total. The summed E-state index contributed by atoms with van der Waals surface area (Å²) in [5, 5.41) is 7.75. The van der Waals surface area contributed by atoms with Gasteiger partial charge in [-0.2, -0.15) is 0 Å². The Morgan fingerprint density at radius 2 is 1.70 bits per heavy atom. The van der Waals surface area contributed by atoms with E-state index in [9.17, 15) is 14.4 Å². The predicted molar refractivity (Wildman–Crippen MR) is 87.8 cm³/mol. The lowest BCUT2D eigenvalue weighted by molar-refractivity contribution is -0.119. The van der Waals surface area contributed by atoms with Gasteiger partial charge in [-0.3, -0.25) is 10.1 Å². The molecule has 0 aliphatic rings. The first-order valence-corrected chi connectivity index (χ1v) is 7.64. The van der Waals surface area contributed by atoms with Crippen LogP contribution in [0.1, 0.15) is 48.0 Å². The second-order valence-corrected chi connectivity index (χ2v) is 7.28. The maximum absolute atomic E-state index is 11.8. The van der Waals surface area contributed by atoms with Crippen LogP contribution >= 0.6 is 0 Å². The van der Waals surface area contributed by atoms with Crippen LogP contribution in [-0.2, 0) is 9.53 Å². The normalized spacial score (nSPS) is 14.0. The number of nitrogens with one attached hydrogen (secondary N) is 3. The van der Waals surface area contributed by atoms with Crippen LogP contribution in [0.4, 0.5) is 9.59 Å². The minimum absolute atomic E-state index is 0.0812. The highest BCUT2D eigenvalue weighted by Crippen LogP contribution is 2.16. The first-order valence-electron chi connectivity index (χ1n) is 7.64. The molecule has 0 aromatic carbocycles. The Morgan fingerprint density at radius 1 is 1.13 bits per heavy atom. The van der Waals surface area contributed by atoms with Crippen LogP contribution in [0.15, 0.2) is 0 Å². The van der Waals surface area contributed by atoms with E-state index in [4.69, 9.17) is 10.5 Å². The minimum Gasteiger partial charge on any atom is -0.444 e. The monoisotopic (exact) mass is 330 g/mol. The molecule has 0 aliphatic carbocycles. The van der Waals surface area contributed by atoms with E-state index in [1.807, 2.05) is 26.1 Å². The van der Waals surface area contributed by atoms with Crippen LogP contribution < -0.4 is 21.7 Å². The molecule has 23 heavy (non-hydrogen) atoms.